The fourth-order valence-electron chi connectivity index (χ4n) is 3.86. The highest BCUT2D eigenvalue weighted by Crippen LogP contribution is 2.24. The Morgan fingerprint density at radius 2 is 1.78 bits per heavy atom. The van der Waals surface area contributed by atoms with Gasteiger partial charge in [0.25, 0.3) is 5.91 Å². The van der Waals surface area contributed by atoms with Crippen LogP contribution in [0.3, 0.4) is 0 Å². The number of piperidine rings is 1. The highest BCUT2D eigenvalue weighted by Gasteiger charge is 2.29. The fourth-order valence-corrected chi connectivity index (χ4v) is 3.86. The summed E-state index contributed by atoms with van der Waals surface area (Å²) in [5.74, 6) is 0.223. The number of amides is 2. The van der Waals surface area contributed by atoms with Gasteiger partial charge in [-0.15, -0.1) is 0 Å². The number of nitrogens with one attached hydrogen (secondary N) is 1. The summed E-state index contributed by atoms with van der Waals surface area (Å²) in [4.78, 5) is 27.1. The first kappa shape index (κ1) is 19.2. The van der Waals surface area contributed by atoms with Crippen LogP contribution < -0.4 is 5.32 Å². The molecule has 1 saturated heterocycles. The maximum atomic E-state index is 13.1. The Morgan fingerprint density at radius 1 is 1.11 bits per heavy atom. The summed E-state index contributed by atoms with van der Waals surface area (Å²) in [5.41, 5.74) is 3.84. The van der Waals surface area contributed by atoms with Crippen molar-refractivity contribution in [3.63, 3.8) is 0 Å². The zero-order valence-corrected chi connectivity index (χ0v) is 16.5. The Balaban J connectivity index is 1.70. The molecule has 1 aliphatic heterocycles. The molecule has 1 aliphatic rings. The van der Waals surface area contributed by atoms with Gasteiger partial charge in [-0.25, -0.2) is 0 Å². The zero-order valence-electron chi connectivity index (χ0n) is 16.5. The number of para-hydroxylation sites is 1. The number of carbonyl (C=O) groups is 2. The quantitative estimate of drug-likeness (QED) is 0.880. The number of nitrogens with zero attached hydrogens (tertiary/aromatic N) is 2. The molecule has 0 aliphatic carbocycles. The summed E-state index contributed by atoms with van der Waals surface area (Å²) >= 11 is 0. The van der Waals surface area contributed by atoms with Gasteiger partial charge in [0.05, 0.1) is 5.56 Å². The van der Waals surface area contributed by atoms with Crippen LogP contribution in [0.2, 0.25) is 0 Å². The number of hydrogen-bond donors (Lipinski definition) is 1. The SMILES string of the molecule is CCCNC(=O)C1CCN(C(=O)c2cc(C)n(-c3ccccc3)c2C)CC1. The van der Waals surface area contributed by atoms with Gasteiger partial charge in [0.1, 0.15) is 0 Å². The van der Waals surface area contributed by atoms with Gasteiger partial charge < -0.3 is 14.8 Å². The van der Waals surface area contributed by atoms with Crippen molar-refractivity contribution in [3.8, 4) is 5.69 Å². The van der Waals surface area contributed by atoms with Crippen LogP contribution in [0.1, 0.15) is 47.9 Å². The van der Waals surface area contributed by atoms with Crippen molar-refractivity contribution in [2.45, 2.75) is 40.0 Å². The van der Waals surface area contributed by atoms with Crippen LogP contribution in [-0.4, -0.2) is 40.9 Å². The van der Waals surface area contributed by atoms with E-state index < -0.39 is 0 Å². The molecule has 144 valence electrons. The van der Waals surface area contributed by atoms with Crippen molar-refractivity contribution in [3.05, 3.63) is 53.3 Å². The van der Waals surface area contributed by atoms with Crippen LogP contribution in [0.15, 0.2) is 36.4 Å². The number of aromatic nitrogens is 1. The standard InChI is InChI=1S/C22H29N3O2/c1-4-12-23-21(26)18-10-13-24(14-11-18)22(27)20-15-16(2)25(17(20)3)19-8-6-5-7-9-19/h5-9,15,18H,4,10-14H2,1-3H3,(H,23,26). The molecule has 0 bridgehead atoms. The molecule has 0 atom stereocenters. The lowest BCUT2D eigenvalue weighted by Gasteiger charge is -2.31. The molecule has 1 fully saturated rings. The van der Waals surface area contributed by atoms with Crippen molar-refractivity contribution in [2.24, 2.45) is 5.92 Å². The smallest absolute Gasteiger partial charge is 0.255 e. The van der Waals surface area contributed by atoms with Gasteiger partial charge in [-0.3, -0.25) is 9.59 Å². The average molecular weight is 367 g/mol. The fraction of sp³-hybridized carbons (Fsp3) is 0.455. The topological polar surface area (TPSA) is 54.3 Å². The number of rotatable bonds is 5. The minimum atomic E-state index is 0.0253. The Bertz CT molecular complexity index is 802. The van der Waals surface area contributed by atoms with E-state index in [1.54, 1.807) is 0 Å². The van der Waals surface area contributed by atoms with Crippen LogP contribution in [0.25, 0.3) is 5.69 Å². The lowest BCUT2D eigenvalue weighted by molar-refractivity contribution is -0.126. The molecular weight excluding hydrogens is 338 g/mol. The number of likely N-dealkylation sites (tertiary alicyclic amines) is 1. The van der Waals surface area contributed by atoms with Crippen molar-refractivity contribution in [2.75, 3.05) is 19.6 Å². The molecule has 5 heteroatoms. The van der Waals surface area contributed by atoms with Gasteiger partial charge in [-0.05, 0) is 51.3 Å². The van der Waals surface area contributed by atoms with Gasteiger partial charge in [-0.2, -0.15) is 0 Å². The summed E-state index contributed by atoms with van der Waals surface area (Å²) in [6.45, 7) is 8.08. The lowest BCUT2D eigenvalue weighted by atomic mass is 9.95. The molecule has 1 aromatic carbocycles. The first-order chi connectivity index (χ1) is 13.0. The maximum Gasteiger partial charge on any atom is 0.255 e. The van der Waals surface area contributed by atoms with Crippen LogP contribution in [0.5, 0.6) is 0 Å². The molecule has 2 heterocycles. The molecule has 27 heavy (non-hydrogen) atoms. The largest absolute Gasteiger partial charge is 0.356 e. The molecule has 1 N–H and O–H groups in total. The van der Waals surface area contributed by atoms with E-state index in [4.69, 9.17) is 0 Å². The maximum absolute atomic E-state index is 13.1. The predicted octanol–water partition coefficient (Wildman–Crippen LogP) is 3.47. The number of aryl methyl sites for hydroxylation is 1. The van der Waals surface area contributed by atoms with Gasteiger partial charge in [0, 0.05) is 42.6 Å². The second-order valence-corrected chi connectivity index (χ2v) is 7.31. The van der Waals surface area contributed by atoms with Crippen molar-refractivity contribution >= 4 is 11.8 Å². The second-order valence-electron chi connectivity index (χ2n) is 7.31. The first-order valence-corrected chi connectivity index (χ1v) is 9.84. The van der Waals surface area contributed by atoms with E-state index in [9.17, 15) is 9.59 Å². The Morgan fingerprint density at radius 3 is 2.41 bits per heavy atom. The minimum absolute atomic E-state index is 0.0253. The molecule has 0 unspecified atom stereocenters. The molecule has 2 amide bonds. The third-order valence-corrected chi connectivity index (χ3v) is 5.38. The van der Waals surface area contributed by atoms with Crippen molar-refractivity contribution < 1.29 is 9.59 Å². The van der Waals surface area contributed by atoms with Gasteiger partial charge >= 0.3 is 0 Å². The van der Waals surface area contributed by atoms with E-state index in [0.29, 0.717) is 13.1 Å². The zero-order chi connectivity index (χ0) is 19.4. The van der Waals surface area contributed by atoms with Crippen molar-refractivity contribution in [1.29, 1.82) is 0 Å². The lowest BCUT2D eigenvalue weighted by Crippen LogP contribution is -2.43. The molecular formula is C22H29N3O2. The van der Waals surface area contributed by atoms with E-state index in [2.05, 4.69) is 22.0 Å². The molecule has 2 aromatic rings. The van der Waals surface area contributed by atoms with E-state index in [1.807, 2.05) is 49.9 Å². The van der Waals surface area contributed by atoms with E-state index in [0.717, 1.165) is 48.4 Å². The monoisotopic (exact) mass is 367 g/mol. The molecule has 5 nitrogen and oxygen atoms in total. The summed E-state index contributed by atoms with van der Waals surface area (Å²) in [5, 5.41) is 2.97. The molecule has 1 aromatic heterocycles. The van der Waals surface area contributed by atoms with Crippen LogP contribution in [-0.2, 0) is 4.79 Å². The van der Waals surface area contributed by atoms with Crippen molar-refractivity contribution in [1.82, 2.24) is 14.8 Å². The third kappa shape index (κ3) is 4.07. The van der Waals surface area contributed by atoms with Gasteiger partial charge in [-0.1, -0.05) is 25.1 Å². The van der Waals surface area contributed by atoms with Gasteiger partial charge in [0.15, 0.2) is 0 Å². The highest BCUT2D eigenvalue weighted by molar-refractivity contribution is 5.96. The average Bonchev–Trinajstić information content (AvgIpc) is 3.00. The highest BCUT2D eigenvalue weighted by atomic mass is 16.2. The third-order valence-electron chi connectivity index (χ3n) is 5.38. The van der Waals surface area contributed by atoms with Crippen LogP contribution in [0, 0.1) is 19.8 Å². The molecule has 3 rings (SSSR count). The first-order valence-electron chi connectivity index (χ1n) is 9.84. The second kappa shape index (κ2) is 8.42. The van der Waals surface area contributed by atoms with E-state index >= 15 is 0 Å². The van der Waals surface area contributed by atoms with Gasteiger partial charge in [0.2, 0.25) is 5.91 Å². The van der Waals surface area contributed by atoms with E-state index in [-0.39, 0.29) is 17.7 Å². The molecule has 0 radical (unpaired) electrons. The summed E-state index contributed by atoms with van der Waals surface area (Å²) < 4.78 is 2.12. The Hall–Kier alpha value is -2.56. The summed E-state index contributed by atoms with van der Waals surface area (Å²) in [6.07, 6.45) is 2.41. The Labute approximate surface area is 161 Å². The predicted molar refractivity (Wildman–Crippen MR) is 107 cm³/mol. The number of carbonyl (C=O) groups excluding carboxylic acids is 2. The summed E-state index contributed by atoms with van der Waals surface area (Å²) in [7, 11) is 0. The normalized spacial score (nSPS) is 15.0. The van der Waals surface area contributed by atoms with Crippen LogP contribution in [0.4, 0.5) is 0 Å². The number of hydrogen-bond acceptors (Lipinski definition) is 2. The van der Waals surface area contributed by atoms with Crippen LogP contribution >= 0.6 is 0 Å². The summed E-state index contributed by atoms with van der Waals surface area (Å²) in [6, 6.07) is 12.1. The van der Waals surface area contributed by atoms with E-state index in [1.165, 1.54) is 0 Å². The molecule has 0 saturated carbocycles. The number of benzene rings is 1. The molecule has 0 spiro atoms. The minimum Gasteiger partial charge on any atom is -0.356 e. The Kier molecular flexibility index (Phi) is 5.99.